The average molecular weight is 281 g/mol. The standard InChI is InChI=1S/C11H13ClN6O/c1-11(3-2-4-15-11)9(19)18-10-16-7(12)6-8(17-10)14-5-13-6/h5,15H,2-4H2,1H3,(H2,13,14,16,17,18,19). The van der Waals surface area contributed by atoms with Gasteiger partial charge in [-0.15, -0.1) is 0 Å². The van der Waals surface area contributed by atoms with Gasteiger partial charge in [-0.2, -0.15) is 9.97 Å². The maximum absolute atomic E-state index is 12.2. The van der Waals surface area contributed by atoms with Crippen LogP contribution in [0.1, 0.15) is 19.8 Å². The van der Waals surface area contributed by atoms with Crippen LogP contribution in [0.25, 0.3) is 11.2 Å². The molecular weight excluding hydrogens is 268 g/mol. The van der Waals surface area contributed by atoms with Gasteiger partial charge in [0.25, 0.3) is 0 Å². The average Bonchev–Trinajstić information content (AvgIpc) is 2.98. The molecule has 7 nitrogen and oxygen atoms in total. The lowest BCUT2D eigenvalue weighted by Gasteiger charge is -2.22. The van der Waals surface area contributed by atoms with Crippen molar-refractivity contribution in [3.8, 4) is 0 Å². The molecule has 2 aromatic rings. The van der Waals surface area contributed by atoms with E-state index in [4.69, 9.17) is 11.6 Å². The van der Waals surface area contributed by atoms with Crippen LogP contribution in [0.2, 0.25) is 5.15 Å². The summed E-state index contributed by atoms with van der Waals surface area (Å²) in [6, 6.07) is 0. The molecule has 3 N–H and O–H groups in total. The predicted octanol–water partition coefficient (Wildman–Crippen LogP) is 1.09. The zero-order valence-electron chi connectivity index (χ0n) is 10.3. The molecule has 100 valence electrons. The van der Waals surface area contributed by atoms with E-state index in [1.807, 2.05) is 6.92 Å². The number of H-pyrrole nitrogens is 1. The van der Waals surface area contributed by atoms with Crippen LogP contribution in [-0.4, -0.2) is 37.9 Å². The van der Waals surface area contributed by atoms with Crippen LogP contribution >= 0.6 is 11.6 Å². The fraction of sp³-hybridized carbons (Fsp3) is 0.455. The molecule has 0 aliphatic carbocycles. The van der Waals surface area contributed by atoms with Gasteiger partial charge in [0.1, 0.15) is 5.52 Å². The number of carbonyl (C=O) groups is 1. The van der Waals surface area contributed by atoms with E-state index in [1.54, 1.807) is 0 Å². The summed E-state index contributed by atoms with van der Waals surface area (Å²) in [6.45, 7) is 2.70. The minimum Gasteiger partial charge on any atom is -0.341 e. The summed E-state index contributed by atoms with van der Waals surface area (Å²) in [7, 11) is 0. The lowest BCUT2D eigenvalue weighted by molar-refractivity contribution is -0.121. The number of hydrogen-bond donors (Lipinski definition) is 3. The van der Waals surface area contributed by atoms with Crippen LogP contribution in [-0.2, 0) is 4.79 Å². The van der Waals surface area contributed by atoms with Crippen molar-refractivity contribution in [3.05, 3.63) is 11.5 Å². The fourth-order valence-corrected chi connectivity index (χ4v) is 2.40. The van der Waals surface area contributed by atoms with Gasteiger partial charge < -0.3 is 10.3 Å². The maximum atomic E-state index is 12.2. The number of nitrogens with one attached hydrogen (secondary N) is 3. The zero-order valence-corrected chi connectivity index (χ0v) is 11.1. The second-order valence-electron chi connectivity index (χ2n) is 4.76. The van der Waals surface area contributed by atoms with Crippen LogP contribution < -0.4 is 10.6 Å². The molecule has 1 atom stereocenters. The van der Waals surface area contributed by atoms with E-state index < -0.39 is 5.54 Å². The molecule has 0 bridgehead atoms. The Hall–Kier alpha value is -1.73. The Morgan fingerprint density at radius 3 is 3.11 bits per heavy atom. The third-order valence-electron chi connectivity index (χ3n) is 3.34. The van der Waals surface area contributed by atoms with Gasteiger partial charge in [-0.05, 0) is 26.3 Å². The third-order valence-corrected chi connectivity index (χ3v) is 3.61. The summed E-state index contributed by atoms with van der Waals surface area (Å²) in [5.74, 6) is 0.0143. The molecule has 0 radical (unpaired) electrons. The number of fused-ring (bicyclic) bond motifs is 1. The summed E-state index contributed by atoms with van der Waals surface area (Å²) in [5, 5.41) is 6.10. The van der Waals surface area contributed by atoms with E-state index >= 15 is 0 Å². The van der Waals surface area contributed by atoms with Crippen molar-refractivity contribution >= 4 is 34.6 Å². The second-order valence-corrected chi connectivity index (χ2v) is 5.11. The molecule has 0 spiro atoms. The van der Waals surface area contributed by atoms with E-state index in [-0.39, 0.29) is 17.0 Å². The molecule has 1 aliphatic heterocycles. The molecule has 1 saturated heterocycles. The summed E-state index contributed by atoms with van der Waals surface area (Å²) in [5.41, 5.74) is 0.417. The van der Waals surface area contributed by atoms with E-state index in [0.29, 0.717) is 11.2 Å². The van der Waals surface area contributed by atoms with Crippen molar-refractivity contribution in [1.29, 1.82) is 0 Å². The van der Waals surface area contributed by atoms with Gasteiger partial charge in [-0.1, -0.05) is 11.6 Å². The van der Waals surface area contributed by atoms with Gasteiger partial charge in [0, 0.05) is 0 Å². The first-order chi connectivity index (χ1) is 9.08. The smallest absolute Gasteiger partial charge is 0.246 e. The highest BCUT2D eigenvalue weighted by Crippen LogP contribution is 2.22. The number of halogens is 1. The highest BCUT2D eigenvalue weighted by atomic mass is 35.5. The Bertz CT molecular complexity index is 633. The minimum absolute atomic E-state index is 0.157. The fourth-order valence-electron chi connectivity index (χ4n) is 2.18. The van der Waals surface area contributed by atoms with Gasteiger partial charge in [-0.3, -0.25) is 10.1 Å². The third kappa shape index (κ3) is 2.15. The molecule has 0 aromatic carbocycles. The van der Waals surface area contributed by atoms with Gasteiger partial charge in [0.2, 0.25) is 11.9 Å². The highest BCUT2D eigenvalue weighted by molar-refractivity contribution is 6.33. The summed E-state index contributed by atoms with van der Waals surface area (Å²) < 4.78 is 0. The molecular formula is C11H13ClN6O. The molecule has 3 rings (SSSR count). The SMILES string of the molecule is CC1(C(=O)Nc2nc(Cl)c3[nH]cnc3n2)CCCN1. The van der Waals surface area contributed by atoms with Gasteiger partial charge >= 0.3 is 0 Å². The molecule has 1 aliphatic rings. The van der Waals surface area contributed by atoms with Crippen LogP contribution in [0.3, 0.4) is 0 Å². The molecule has 2 aromatic heterocycles. The monoisotopic (exact) mass is 280 g/mol. The van der Waals surface area contributed by atoms with Crippen molar-refractivity contribution in [2.24, 2.45) is 0 Å². The Kier molecular flexibility index (Phi) is 2.87. The van der Waals surface area contributed by atoms with E-state index in [2.05, 4.69) is 30.6 Å². The molecule has 8 heteroatoms. The van der Waals surface area contributed by atoms with Gasteiger partial charge in [-0.25, -0.2) is 4.98 Å². The van der Waals surface area contributed by atoms with Crippen molar-refractivity contribution in [3.63, 3.8) is 0 Å². The molecule has 1 unspecified atom stereocenters. The topological polar surface area (TPSA) is 95.6 Å². The minimum atomic E-state index is -0.573. The maximum Gasteiger partial charge on any atom is 0.246 e. The van der Waals surface area contributed by atoms with Crippen LogP contribution in [0.5, 0.6) is 0 Å². The number of nitrogens with zero attached hydrogens (tertiary/aromatic N) is 3. The Balaban J connectivity index is 1.86. The summed E-state index contributed by atoms with van der Waals surface area (Å²) in [4.78, 5) is 27.2. The number of rotatable bonds is 2. The van der Waals surface area contributed by atoms with Crippen LogP contribution in [0, 0.1) is 0 Å². The van der Waals surface area contributed by atoms with Gasteiger partial charge in [0.15, 0.2) is 10.8 Å². The Morgan fingerprint density at radius 1 is 1.53 bits per heavy atom. The number of amides is 1. The van der Waals surface area contributed by atoms with Crippen molar-refractivity contribution in [1.82, 2.24) is 25.3 Å². The summed E-state index contributed by atoms with van der Waals surface area (Å²) >= 11 is 5.99. The largest absolute Gasteiger partial charge is 0.341 e. The highest BCUT2D eigenvalue weighted by Gasteiger charge is 2.36. The van der Waals surface area contributed by atoms with Crippen LogP contribution in [0.4, 0.5) is 5.95 Å². The quantitative estimate of drug-likeness (QED) is 0.716. The Morgan fingerprint density at radius 2 is 2.37 bits per heavy atom. The zero-order chi connectivity index (χ0) is 13.5. The number of carbonyl (C=O) groups excluding carboxylic acids is 1. The van der Waals surface area contributed by atoms with E-state index in [0.717, 1.165) is 19.4 Å². The first-order valence-corrected chi connectivity index (χ1v) is 6.39. The van der Waals surface area contributed by atoms with Crippen molar-refractivity contribution in [2.75, 3.05) is 11.9 Å². The van der Waals surface area contributed by atoms with Crippen molar-refractivity contribution in [2.45, 2.75) is 25.3 Å². The van der Waals surface area contributed by atoms with Crippen LogP contribution in [0.15, 0.2) is 6.33 Å². The molecule has 19 heavy (non-hydrogen) atoms. The molecule has 3 heterocycles. The lowest BCUT2D eigenvalue weighted by Crippen LogP contribution is -2.48. The first kappa shape index (κ1) is 12.3. The molecule has 0 saturated carbocycles. The summed E-state index contributed by atoms with van der Waals surface area (Å²) in [6.07, 6.45) is 3.25. The van der Waals surface area contributed by atoms with E-state index in [1.165, 1.54) is 6.33 Å². The molecule has 1 fully saturated rings. The predicted molar refractivity (Wildman–Crippen MR) is 71.0 cm³/mol. The second kappa shape index (κ2) is 4.43. The lowest BCUT2D eigenvalue weighted by atomic mass is 10.00. The normalized spacial score (nSPS) is 22.8. The number of anilines is 1. The van der Waals surface area contributed by atoms with E-state index in [9.17, 15) is 4.79 Å². The Labute approximate surface area is 114 Å². The number of imidazole rings is 1. The number of aromatic amines is 1. The van der Waals surface area contributed by atoms with Crippen molar-refractivity contribution < 1.29 is 4.79 Å². The number of aromatic nitrogens is 4. The molecule has 1 amide bonds. The number of hydrogen-bond acceptors (Lipinski definition) is 5. The first-order valence-electron chi connectivity index (χ1n) is 6.02. The van der Waals surface area contributed by atoms with Gasteiger partial charge in [0.05, 0.1) is 11.9 Å².